The molecule has 0 spiro atoms. The van der Waals surface area contributed by atoms with Crippen molar-refractivity contribution in [3.8, 4) is 5.75 Å². The molecule has 0 saturated heterocycles. The highest BCUT2D eigenvalue weighted by Crippen LogP contribution is 2.31. The molecule has 1 amide bonds. The highest BCUT2D eigenvalue weighted by atomic mass is 16.5. The van der Waals surface area contributed by atoms with Gasteiger partial charge in [-0.3, -0.25) is 9.59 Å². The van der Waals surface area contributed by atoms with E-state index in [2.05, 4.69) is 5.32 Å². The van der Waals surface area contributed by atoms with E-state index in [4.69, 9.17) is 9.15 Å². The number of amides is 1. The quantitative estimate of drug-likeness (QED) is 0.880. The SMILES string of the molecule is CCc1ccc(C(=O)c2ccc3c(c2)NC(=O)C(C)O3)o1. The van der Waals surface area contributed by atoms with Crippen LogP contribution in [-0.4, -0.2) is 17.8 Å². The monoisotopic (exact) mass is 285 g/mol. The molecule has 0 saturated carbocycles. The fourth-order valence-electron chi connectivity index (χ4n) is 2.18. The molecule has 2 aromatic rings. The predicted octanol–water partition coefficient (Wildman–Crippen LogP) is 2.79. The minimum absolute atomic E-state index is 0.217. The number of hydrogen-bond donors (Lipinski definition) is 1. The Morgan fingerprint density at radius 2 is 2.10 bits per heavy atom. The number of rotatable bonds is 3. The van der Waals surface area contributed by atoms with Gasteiger partial charge in [-0.15, -0.1) is 0 Å². The number of furan rings is 1. The van der Waals surface area contributed by atoms with E-state index < -0.39 is 6.10 Å². The molecular formula is C16H15NO4. The number of carbonyl (C=O) groups is 2. The first-order valence-electron chi connectivity index (χ1n) is 6.83. The van der Waals surface area contributed by atoms with Crippen LogP contribution in [0.4, 0.5) is 5.69 Å². The van der Waals surface area contributed by atoms with Crippen molar-refractivity contribution < 1.29 is 18.7 Å². The van der Waals surface area contributed by atoms with Gasteiger partial charge in [0.25, 0.3) is 5.91 Å². The first kappa shape index (κ1) is 13.4. The lowest BCUT2D eigenvalue weighted by molar-refractivity contribution is -0.122. The molecule has 0 fully saturated rings. The molecule has 1 N–H and O–H groups in total. The summed E-state index contributed by atoms with van der Waals surface area (Å²) >= 11 is 0. The molecule has 3 rings (SSSR count). The number of benzene rings is 1. The predicted molar refractivity (Wildman–Crippen MR) is 76.7 cm³/mol. The second-order valence-corrected chi connectivity index (χ2v) is 4.91. The molecule has 1 aromatic heterocycles. The summed E-state index contributed by atoms with van der Waals surface area (Å²) in [5, 5.41) is 2.73. The van der Waals surface area contributed by atoms with E-state index in [1.807, 2.05) is 6.92 Å². The Morgan fingerprint density at radius 3 is 2.81 bits per heavy atom. The molecule has 5 heteroatoms. The highest BCUT2D eigenvalue weighted by molar-refractivity contribution is 6.08. The zero-order valence-electron chi connectivity index (χ0n) is 11.8. The minimum Gasteiger partial charge on any atom is -0.479 e. The van der Waals surface area contributed by atoms with Crippen LogP contribution in [0.25, 0.3) is 0 Å². The number of aryl methyl sites for hydroxylation is 1. The van der Waals surface area contributed by atoms with Crippen molar-refractivity contribution in [1.82, 2.24) is 0 Å². The standard InChI is InChI=1S/C16H15NO4/c1-3-11-5-7-14(21-11)15(18)10-4-6-13-12(8-10)17-16(19)9(2)20-13/h4-9H,3H2,1-2H3,(H,17,19). The largest absolute Gasteiger partial charge is 0.479 e. The van der Waals surface area contributed by atoms with Crippen molar-refractivity contribution in [1.29, 1.82) is 0 Å². The molecule has 2 heterocycles. The van der Waals surface area contributed by atoms with E-state index in [1.54, 1.807) is 37.3 Å². The topological polar surface area (TPSA) is 68.5 Å². The van der Waals surface area contributed by atoms with Crippen molar-refractivity contribution in [2.45, 2.75) is 26.4 Å². The summed E-state index contributed by atoms with van der Waals surface area (Å²) in [6, 6.07) is 8.41. The van der Waals surface area contributed by atoms with E-state index in [1.165, 1.54) is 0 Å². The van der Waals surface area contributed by atoms with E-state index in [0.29, 0.717) is 22.8 Å². The third-order valence-corrected chi connectivity index (χ3v) is 3.41. The summed E-state index contributed by atoms with van der Waals surface area (Å²) in [4.78, 5) is 24.0. The van der Waals surface area contributed by atoms with Gasteiger partial charge < -0.3 is 14.5 Å². The third-order valence-electron chi connectivity index (χ3n) is 3.41. The van der Waals surface area contributed by atoms with E-state index >= 15 is 0 Å². The maximum Gasteiger partial charge on any atom is 0.265 e. The normalized spacial score (nSPS) is 16.9. The summed E-state index contributed by atoms with van der Waals surface area (Å²) in [6.07, 6.45) is 0.204. The fourth-order valence-corrected chi connectivity index (χ4v) is 2.18. The first-order chi connectivity index (χ1) is 10.1. The van der Waals surface area contributed by atoms with Crippen LogP contribution in [0, 0.1) is 0 Å². The van der Waals surface area contributed by atoms with E-state index in [9.17, 15) is 9.59 Å². The van der Waals surface area contributed by atoms with Gasteiger partial charge in [0.15, 0.2) is 11.9 Å². The summed E-state index contributed by atoms with van der Waals surface area (Å²) < 4.78 is 10.9. The van der Waals surface area contributed by atoms with Gasteiger partial charge in [-0.2, -0.15) is 0 Å². The van der Waals surface area contributed by atoms with E-state index in [0.717, 1.165) is 12.2 Å². The Labute approximate surface area is 121 Å². The molecule has 108 valence electrons. The van der Waals surface area contributed by atoms with Crippen LogP contribution in [0.3, 0.4) is 0 Å². The molecule has 0 radical (unpaired) electrons. The zero-order valence-corrected chi connectivity index (χ0v) is 11.8. The van der Waals surface area contributed by atoms with Gasteiger partial charge >= 0.3 is 0 Å². The second-order valence-electron chi connectivity index (χ2n) is 4.91. The molecule has 1 unspecified atom stereocenters. The van der Waals surface area contributed by atoms with Crippen molar-refractivity contribution in [2.75, 3.05) is 5.32 Å². The van der Waals surface area contributed by atoms with Gasteiger partial charge in [0.1, 0.15) is 11.5 Å². The van der Waals surface area contributed by atoms with Crippen molar-refractivity contribution in [3.05, 3.63) is 47.4 Å². The van der Waals surface area contributed by atoms with Gasteiger partial charge in [-0.05, 0) is 37.3 Å². The number of carbonyl (C=O) groups excluding carboxylic acids is 2. The summed E-state index contributed by atoms with van der Waals surface area (Å²) in [6.45, 7) is 3.63. The lowest BCUT2D eigenvalue weighted by Gasteiger charge is -2.23. The first-order valence-corrected chi connectivity index (χ1v) is 6.83. The molecule has 1 aromatic carbocycles. The molecule has 0 aliphatic carbocycles. The Kier molecular flexibility index (Phi) is 3.25. The Balaban J connectivity index is 1.91. The summed E-state index contributed by atoms with van der Waals surface area (Å²) in [5.74, 6) is 1.18. The molecule has 1 aliphatic heterocycles. The average molecular weight is 285 g/mol. The van der Waals surface area contributed by atoms with Gasteiger partial charge in [0.05, 0.1) is 5.69 Å². The van der Waals surface area contributed by atoms with E-state index in [-0.39, 0.29) is 11.7 Å². The van der Waals surface area contributed by atoms with Gasteiger partial charge in [0.2, 0.25) is 5.78 Å². The number of ether oxygens (including phenoxy) is 1. The van der Waals surface area contributed by atoms with Crippen LogP contribution >= 0.6 is 0 Å². The lowest BCUT2D eigenvalue weighted by Crippen LogP contribution is -2.34. The van der Waals surface area contributed by atoms with Crippen molar-refractivity contribution >= 4 is 17.4 Å². The maximum absolute atomic E-state index is 12.4. The number of hydrogen-bond acceptors (Lipinski definition) is 4. The second kappa shape index (κ2) is 5.09. The van der Waals surface area contributed by atoms with Crippen molar-refractivity contribution in [3.63, 3.8) is 0 Å². The minimum atomic E-state index is -0.531. The van der Waals surface area contributed by atoms with Crippen LogP contribution in [0.2, 0.25) is 0 Å². The number of ketones is 1. The van der Waals surface area contributed by atoms with Gasteiger partial charge in [-0.1, -0.05) is 6.92 Å². The third kappa shape index (κ3) is 2.42. The smallest absolute Gasteiger partial charge is 0.265 e. The number of anilines is 1. The average Bonchev–Trinajstić information content (AvgIpc) is 2.96. The zero-order chi connectivity index (χ0) is 15.0. The molecule has 5 nitrogen and oxygen atoms in total. The Hall–Kier alpha value is -2.56. The molecule has 0 bridgehead atoms. The van der Waals surface area contributed by atoms with Crippen LogP contribution < -0.4 is 10.1 Å². The molecular weight excluding hydrogens is 270 g/mol. The van der Waals surface area contributed by atoms with Gasteiger partial charge in [0, 0.05) is 12.0 Å². The van der Waals surface area contributed by atoms with Crippen LogP contribution in [0.5, 0.6) is 5.75 Å². The number of nitrogens with one attached hydrogen (secondary N) is 1. The van der Waals surface area contributed by atoms with Gasteiger partial charge in [-0.25, -0.2) is 0 Å². The van der Waals surface area contributed by atoms with Crippen LogP contribution in [0.1, 0.15) is 35.7 Å². The molecule has 1 aliphatic rings. The van der Waals surface area contributed by atoms with Crippen LogP contribution in [0.15, 0.2) is 34.7 Å². The Morgan fingerprint density at radius 1 is 1.29 bits per heavy atom. The molecule has 21 heavy (non-hydrogen) atoms. The summed E-state index contributed by atoms with van der Waals surface area (Å²) in [5.41, 5.74) is 0.954. The highest BCUT2D eigenvalue weighted by Gasteiger charge is 2.25. The molecule has 1 atom stereocenters. The van der Waals surface area contributed by atoms with Crippen LogP contribution in [-0.2, 0) is 11.2 Å². The lowest BCUT2D eigenvalue weighted by atomic mass is 10.1. The fraction of sp³-hybridized carbons (Fsp3) is 0.250. The number of fused-ring (bicyclic) bond motifs is 1. The van der Waals surface area contributed by atoms with Crippen molar-refractivity contribution in [2.24, 2.45) is 0 Å². The summed E-state index contributed by atoms with van der Waals surface area (Å²) in [7, 11) is 0. The Bertz CT molecular complexity index is 717. The maximum atomic E-state index is 12.4.